The van der Waals surface area contributed by atoms with Gasteiger partial charge < -0.3 is 14.7 Å². The molecule has 130 valence electrons. The molecule has 1 aliphatic heterocycles. The maximum Gasteiger partial charge on any atom is 0.410 e. The van der Waals surface area contributed by atoms with Gasteiger partial charge in [0.25, 0.3) is 0 Å². The molecule has 0 aromatic heterocycles. The van der Waals surface area contributed by atoms with E-state index < -0.39 is 29.0 Å². The number of carboxylic acids is 1. The Bertz CT molecular complexity index is 664. The quantitative estimate of drug-likeness (QED) is 0.858. The molecule has 1 aliphatic carbocycles. The Morgan fingerprint density at radius 1 is 1.29 bits per heavy atom. The molecule has 1 saturated heterocycles. The summed E-state index contributed by atoms with van der Waals surface area (Å²) < 4.78 is 5.47. The van der Waals surface area contributed by atoms with Crippen molar-refractivity contribution in [2.45, 2.75) is 51.0 Å². The summed E-state index contributed by atoms with van der Waals surface area (Å²) in [5.74, 6) is -1.43. The smallest absolute Gasteiger partial charge is 0.410 e. The first-order valence-corrected chi connectivity index (χ1v) is 8.52. The van der Waals surface area contributed by atoms with E-state index in [4.69, 9.17) is 4.74 Å². The second-order valence-corrected chi connectivity index (χ2v) is 7.92. The van der Waals surface area contributed by atoms with E-state index in [1.807, 2.05) is 39.0 Å². The van der Waals surface area contributed by atoms with E-state index in [-0.39, 0.29) is 6.54 Å². The van der Waals surface area contributed by atoms with Crippen LogP contribution < -0.4 is 0 Å². The van der Waals surface area contributed by atoms with Gasteiger partial charge in [-0.15, -0.1) is 0 Å². The van der Waals surface area contributed by atoms with Crippen LogP contribution in [0.25, 0.3) is 0 Å². The summed E-state index contributed by atoms with van der Waals surface area (Å²) in [4.78, 5) is 26.0. The van der Waals surface area contributed by atoms with Crippen molar-refractivity contribution in [3.63, 3.8) is 0 Å². The molecule has 1 amide bonds. The predicted octanol–water partition coefficient (Wildman–Crippen LogP) is 3.21. The Hall–Kier alpha value is -2.04. The molecule has 1 fully saturated rings. The maximum atomic E-state index is 12.5. The van der Waals surface area contributed by atoms with E-state index in [1.54, 1.807) is 4.90 Å². The molecular formula is C19H25NO4. The average molecular weight is 331 g/mol. The minimum absolute atomic E-state index is 0.207. The molecule has 0 radical (unpaired) electrons. The molecule has 1 spiro atoms. The number of nitrogens with zero attached hydrogens (tertiary/aromatic N) is 1. The first-order valence-electron chi connectivity index (χ1n) is 8.52. The van der Waals surface area contributed by atoms with Gasteiger partial charge >= 0.3 is 12.1 Å². The number of carboxylic acid groups (broad SMARTS) is 1. The van der Waals surface area contributed by atoms with Crippen molar-refractivity contribution in [1.29, 1.82) is 0 Å². The number of likely N-dealkylation sites (tertiary alicyclic amines) is 1. The van der Waals surface area contributed by atoms with Crippen LogP contribution in [0.4, 0.5) is 4.79 Å². The topological polar surface area (TPSA) is 66.8 Å². The van der Waals surface area contributed by atoms with Crippen molar-refractivity contribution in [1.82, 2.24) is 4.90 Å². The van der Waals surface area contributed by atoms with Crippen LogP contribution in [0.5, 0.6) is 0 Å². The third kappa shape index (κ3) is 2.87. The fraction of sp³-hybridized carbons (Fsp3) is 0.579. The number of fused-ring (bicyclic) bond motifs is 2. The summed E-state index contributed by atoms with van der Waals surface area (Å²) >= 11 is 0. The van der Waals surface area contributed by atoms with Crippen LogP contribution >= 0.6 is 0 Å². The molecule has 1 N–H and O–H groups in total. The number of ether oxygens (including phenoxy) is 1. The summed E-state index contributed by atoms with van der Waals surface area (Å²) in [5, 5.41) is 9.81. The second kappa shape index (κ2) is 5.80. The van der Waals surface area contributed by atoms with Gasteiger partial charge in [0.05, 0.1) is 5.92 Å². The zero-order valence-corrected chi connectivity index (χ0v) is 14.5. The van der Waals surface area contributed by atoms with E-state index in [0.717, 1.165) is 24.8 Å². The highest BCUT2D eigenvalue weighted by atomic mass is 16.6. The number of carbonyl (C=O) groups is 2. The number of hydrogen-bond acceptors (Lipinski definition) is 3. The van der Waals surface area contributed by atoms with Crippen molar-refractivity contribution >= 4 is 12.1 Å². The van der Waals surface area contributed by atoms with Crippen LogP contribution in [-0.2, 0) is 21.4 Å². The molecule has 0 saturated carbocycles. The summed E-state index contributed by atoms with van der Waals surface area (Å²) in [5.41, 5.74) is 1.21. The zero-order chi connectivity index (χ0) is 17.5. The maximum absolute atomic E-state index is 12.5. The van der Waals surface area contributed by atoms with Gasteiger partial charge in [-0.25, -0.2) is 4.79 Å². The van der Waals surface area contributed by atoms with Gasteiger partial charge in [-0.1, -0.05) is 24.3 Å². The van der Waals surface area contributed by atoms with E-state index in [0.29, 0.717) is 6.54 Å². The van der Waals surface area contributed by atoms with Crippen molar-refractivity contribution in [3.05, 3.63) is 35.4 Å². The van der Waals surface area contributed by atoms with Crippen LogP contribution in [0, 0.1) is 5.92 Å². The third-order valence-electron chi connectivity index (χ3n) is 5.12. The molecule has 1 heterocycles. The van der Waals surface area contributed by atoms with Gasteiger partial charge in [-0.05, 0) is 51.2 Å². The van der Waals surface area contributed by atoms with Gasteiger partial charge in [0.2, 0.25) is 0 Å². The monoisotopic (exact) mass is 331 g/mol. The van der Waals surface area contributed by atoms with E-state index >= 15 is 0 Å². The lowest BCUT2D eigenvalue weighted by Gasteiger charge is -2.38. The van der Waals surface area contributed by atoms with E-state index in [9.17, 15) is 14.7 Å². The van der Waals surface area contributed by atoms with Gasteiger partial charge in [-0.2, -0.15) is 0 Å². The van der Waals surface area contributed by atoms with Crippen molar-refractivity contribution in [2.75, 3.05) is 13.1 Å². The minimum atomic E-state index is -0.835. The summed E-state index contributed by atoms with van der Waals surface area (Å²) in [7, 11) is 0. The lowest BCUT2D eigenvalue weighted by Crippen LogP contribution is -2.42. The summed E-state index contributed by atoms with van der Waals surface area (Å²) in [6.45, 7) is 6.08. The van der Waals surface area contributed by atoms with Gasteiger partial charge in [-0.3, -0.25) is 4.79 Å². The highest BCUT2D eigenvalue weighted by Crippen LogP contribution is 2.47. The van der Waals surface area contributed by atoms with E-state index in [1.165, 1.54) is 5.56 Å². The molecular weight excluding hydrogens is 306 g/mol. The fourth-order valence-electron chi connectivity index (χ4n) is 4.17. The van der Waals surface area contributed by atoms with Crippen molar-refractivity contribution in [2.24, 2.45) is 5.92 Å². The van der Waals surface area contributed by atoms with Crippen LogP contribution in [0.1, 0.15) is 44.7 Å². The number of rotatable bonds is 1. The van der Waals surface area contributed by atoms with Crippen LogP contribution in [0.15, 0.2) is 24.3 Å². The van der Waals surface area contributed by atoms with Crippen LogP contribution in [0.3, 0.4) is 0 Å². The number of amides is 1. The van der Waals surface area contributed by atoms with Crippen molar-refractivity contribution in [3.8, 4) is 0 Å². The molecule has 5 nitrogen and oxygen atoms in total. The molecule has 2 atom stereocenters. The molecule has 2 aliphatic rings. The normalized spacial score (nSPS) is 26.3. The Morgan fingerprint density at radius 3 is 2.67 bits per heavy atom. The second-order valence-electron chi connectivity index (χ2n) is 7.92. The predicted molar refractivity (Wildman–Crippen MR) is 90.0 cm³/mol. The third-order valence-corrected chi connectivity index (χ3v) is 5.12. The fourth-order valence-corrected chi connectivity index (χ4v) is 4.17. The number of carbonyl (C=O) groups excluding carboxylic acids is 1. The van der Waals surface area contributed by atoms with Gasteiger partial charge in [0.1, 0.15) is 5.60 Å². The molecule has 5 heteroatoms. The largest absolute Gasteiger partial charge is 0.481 e. The van der Waals surface area contributed by atoms with E-state index in [2.05, 4.69) is 6.07 Å². The summed E-state index contributed by atoms with van der Waals surface area (Å²) in [6.07, 6.45) is 2.29. The van der Waals surface area contributed by atoms with Crippen molar-refractivity contribution < 1.29 is 19.4 Å². The number of hydrogen-bond donors (Lipinski definition) is 1. The van der Waals surface area contributed by atoms with Crippen LogP contribution in [0.2, 0.25) is 0 Å². The zero-order valence-electron chi connectivity index (χ0n) is 14.5. The van der Waals surface area contributed by atoms with Gasteiger partial charge in [0.15, 0.2) is 0 Å². The molecule has 3 rings (SSSR count). The molecule has 0 bridgehead atoms. The summed E-state index contributed by atoms with van der Waals surface area (Å²) in [6, 6.07) is 8.06. The Morgan fingerprint density at radius 2 is 2.00 bits per heavy atom. The number of aryl methyl sites for hydroxylation is 1. The molecule has 1 aromatic rings. The van der Waals surface area contributed by atoms with Crippen LogP contribution in [-0.4, -0.2) is 40.8 Å². The number of benzene rings is 1. The first kappa shape index (κ1) is 16.8. The lowest BCUT2D eigenvalue weighted by atomic mass is 9.64. The minimum Gasteiger partial charge on any atom is -0.481 e. The SMILES string of the molecule is CC(C)(C)OC(=O)N1CC(C(=O)O)C2(CCCc3ccccc32)C1. The Balaban J connectivity index is 1.96. The first-order chi connectivity index (χ1) is 11.2. The molecule has 1 aromatic carbocycles. The molecule has 24 heavy (non-hydrogen) atoms. The highest BCUT2D eigenvalue weighted by molar-refractivity contribution is 5.77. The van der Waals surface area contributed by atoms with Gasteiger partial charge in [0, 0.05) is 18.5 Å². The Kier molecular flexibility index (Phi) is 4.06. The molecule has 2 unspecified atom stereocenters. The average Bonchev–Trinajstić information content (AvgIpc) is 2.87. The lowest BCUT2D eigenvalue weighted by molar-refractivity contribution is -0.143. The Labute approximate surface area is 142 Å². The number of aliphatic carboxylic acids is 1. The highest BCUT2D eigenvalue weighted by Gasteiger charge is 2.54. The standard InChI is InChI=1S/C19H25NO4/c1-18(2,3)24-17(23)20-11-15(16(21)22)19(12-20)10-6-8-13-7-4-5-9-14(13)19/h4-5,7,9,15H,6,8,10-12H2,1-3H3,(H,21,22).